The molecule has 1 aromatic heterocycles. The first kappa shape index (κ1) is 18.4. The van der Waals surface area contributed by atoms with Gasteiger partial charge in [0, 0.05) is 25.8 Å². The summed E-state index contributed by atoms with van der Waals surface area (Å²) in [5.41, 5.74) is 3.72. The summed E-state index contributed by atoms with van der Waals surface area (Å²) in [5, 5.41) is 0. The van der Waals surface area contributed by atoms with Crippen molar-refractivity contribution < 1.29 is 4.79 Å². The maximum absolute atomic E-state index is 12.5. The maximum atomic E-state index is 12.5. The van der Waals surface area contributed by atoms with Crippen LogP contribution in [-0.2, 0) is 24.2 Å². The fourth-order valence-corrected chi connectivity index (χ4v) is 3.36. The predicted octanol–water partition coefficient (Wildman–Crippen LogP) is 3.13. The van der Waals surface area contributed by atoms with Gasteiger partial charge in [-0.2, -0.15) is 0 Å². The van der Waals surface area contributed by atoms with Gasteiger partial charge in [-0.15, -0.1) is 0 Å². The van der Waals surface area contributed by atoms with Crippen molar-refractivity contribution in [2.45, 2.75) is 58.9 Å². The number of carbonyl (C=O) groups is 1. The second kappa shape index (κ2) is 8.30. The van der Waals surface area contributed by atoms with E-state index in [1.165, 1.54) is 5.56 Å². The fraction of sp³-hybridized carbons (Fsp3) is 0.476. The minimum Gasteiger partial charge on any atom is -0.338 e. The highest BCUT2D eigenvalue weighted by molar-refractivity contribution is 5.76. The first-order valence-electron chi connectivity index (χ1n) is 9.51. The van der Waals surface area contributed by atoms with Crippen molar-refractivity contribution in [3.8, 4) is 0 Å². The van der Waals surface area contributed by atoms with Gasteiger partial charge in [-0.1, -0.05) is 49.6 Å². The van der Waals surface area contributed by atoms with E-state index in [-0.39, 0.29) is 11.5 Å². The summed E-state index contributed by atoms with van der Waals surface area (Å²) in [4.78, 5) is 34.2. The molecule has 26 heavy (non-hydrogen) atoms. The summed E-state index contributed by atoms with van der Waals surface area (Å²) >= 11 is 0. The molecule has 5 nitrogen and oxygen atoms in total. The number of carbonyl (C=O) groups excluding carboxylic acids is 1. The van der Waals surface area contributed by atoms with Crippen LogP contribution in [0.4, 0.5) is 0 Å². The van der Waals surface area contributed by atoms with Gasteiger partial charge in [0.25, 0.3) is 5.56 Å². The maximum Gasteiger partial charge on any atom is 0.256 e. The summed E-state index contributed by atoms with van der Waals surface area (Å²) < 4.78 is 0. The van der Waals surface area contributed by atoms with Crippen molar-refractivity contribution in [1.82, 2.24) is 14.9 Å². The molecule has 1 aliphatic heterocycles. The Bertz CT molecular complexity index is 824. The minimum absolute atomic E-state index is 0.108. The zero-order valence-corrected chi connectivity index (χ0v) is 15.7. The molecule has 1 aromatic carbocycles. The molecular formula is C21H27N3O2. The van der Waals surface area contributed by atoms with Crippen LogP contribution in [0.2, 0.25) is 0 Å². The smallest absolute Gasteiger partial charge is 0.256 e. The van der Waals surface area contributed by atoms with Gasteiger partial charge in [0.15, 0.2) is 0 Å². The lowest BCUT2D eigenvalue weighted by molar-refractivity contribution is -0.132. The lowest BCUT2D eigenvalue weighted by Crippen LogP contribution is -2.39. The summed E-state index contributed by atoms with van der Waals surface area (Å²) in [6.07, 6.45) is 4.93. The van der Waals surface area contributed by atoms with E-state index in [1.807, 2.05) is 0 Å². The van der Waals surface area contributed by atoms with E-state index < -0.39 is 0 Å². The molecule has 5 heteroatoms. The highest BCUT2D eigenvalue weighted by Gasteiger charge is 2.24. The normalized spacial score (nSPS) is 13.5. The van der Waals surface area contributed by atoms with Crippen LogP contribution in [0.1, 0.15) is 60.8 Å². The average Bonchev–Trinajstić information content (AvgIpc) is 2.63. The monoisotopic (exact) mass is 353 g/mol. The van der Waals surface area contributed by atoms with Crippen LogP contribution in [0.25, 0.3) is 0 Å². The Kier molecular flexibility index (Phi) is 5.86. The van der Waals surface area contributed by atoms with Crippen molar-refractivity contribution in [3.05, 3.63) is 62.8 Å². The third-order valence-electron chi connectivity index (χ3n) is 4.96. The van der Waals surface area contributed by atoms with Gasteiger partial charge in [-0.3, -0.25) is 9.59 Å². The van der Waals surface area contributed by atoms with E-state index in [9.17, 15) is 9.59 Å². The molecule has 0 unspecified atom stereocenters. The molecule has 0 fully saturated rings. The molecule has 0 saturated carbocycles. The zero-order chi connectivity index (χ0) is 18.5. The Morgan fingerprint density at radius 2 is 2.00 bits per heavy atom. The number of unbranched alkanes of at least 4 members (excludes halogenated alkanes) is 2. The quantitative estimate of drug-likeness (QED) is 0.812. The molecule has 1 amide bonds. The van der Waals surface area contributed by atoms with Crippen molar-refractivity contribution in [2.24, 2.45) is 0 Å². The lowest BCUT2D eigenvalue weighted by atomic mass is 10.0. The zero-order valence-electron chi connectivity index (χ0n) is 15.7. The molecular weight excluding hydrogens is 326 g/mol. The van der Waals surface area contributed by atoms with E-state index in [0.717, 1.165) is 30.5 Å². The Morgan fingerprint density at radius 1 is 1.23 bits per heavy atom. The molecule has 2 aromatic rings. The molecule has 0 bridgehead atoms. The molecule has 0 saturated heterocycles. The number of aromatic amines is 1. The lowest BCUT2D eigenvalue weighted by Gasteiger charge is -2.28. The molecule has 0 atom stereocenters. The number of nitrogens with zero attached hydrogens (tertiary/aromatic N) is 2. The SMILES string of the molecule is CCCCCC(=O)N1CCc2nc(Cc3ccc(C)cc3)[nH]c(=O)c2C1. The first-order valence-corrected chi connectivity index (χ1v) is 9.51. The summed E-state index contributed by atoms with van der Waals surface area (Å²) in [7, 11) is 0. The van der Waals surface area contributed by atoms with Crippen LogP contribution in [0.5, 0.6) is 0 Å². The Labute approximate surface area is 154 Å². The van der Waals surface area contributed by atoms with Gasteiger partial charge < -0.3 is 9.88 Å². The number of amides is 1. The third-order valence-corrected chi connectivity index (χ3v) is 4.96. The fourth-order valence-electron chi connectivity index (χ4n) is 3.36. The van der Waals surface area contributed by atoms with Gasteiger partial charge >= 0.3 is 0 Å². The van der Waals surface area contributed by atoms with Gasteiger partial charge in [0.1, 0.15) is 5.82 Å². The van der Waals surface area contributed by atoms with Gasteiger partial charge in [0.05, 0.1) is 17.8 Å². The van der Waals surface area contributed by atoms with Crippen LogP contribution in [0.15, 0.2) is 29.1 Å². The highest BCUT2D eigenvalue weighted by atomic mass is 16.2. The standard InChI is InChI=1S/C21H27N3O2/c1-3-4-5-6-20(25)24-12-11-18-17(14-24)21(26)23-19(22-18)13-16-9-7-15(2)8-10-16/h7-10H,3-6,11-14H2,1-2H3,(H,22,23,26). The van der Waals surface area contributed by atoms with Crippen molar-refractivity contribution in [3.63, 3.8) is 0 Å². The average molecular weight is 353 g/mol. The van der Waals surface area contributed by atoms with Crippen molar-refractivity contribution in [2.75, 3.05) is 6.54 Å². The minimum atomic E-state index is -0.108. The van der Waals surface area contributed by atoms with E-state index in [4.69, 9.17) is 0 Å². The Hall–Kier alpha value is -2.43. The number of benzene rings is 1. The number of H-pyrrole nitrogens is 1. The van der Waals surface area contributed by atoms with Gasteiger partial charge in [0.2, 0.25) is 5.91 Å². The Balaban J connectivity index is 1.71. The van der Waals surface area contributed by atoms with Crippen LogP contribution in [0, 0.1) is 6.92 Å². The van der Waals surface area contributed by atoms with Crippen molar-refractivity contribution in [1.29, 1.82) is 0 Å². The molecule has 2 heterocycles. The van der Waals surface area contributed by atoms with E-state index >= 15 is 0 Å². The number of nitrogens with one attached hydrogen (secondary N) is 1. The van der Waals surface area contributed by atoms with Gasteiger partial charge in [-0.25, -0.2) is 4.98 Å². The Morgan fingerprint density at radius 3 is 2.73 bits per heavy atom. The predicted molar refractivity (Wildman–Crippen MR) is 102 cm³/mol. The number of aromatic nitrogens is 2. The molecule has 0 spiro atoms. The van der Waals surface area contributed by atoms with E-state index in [2.05, 4.69) is 48.1 Å². The molecule has 1 N–H and O–H groups in total. The topological polar surface area (TPSA) is 66.1 Å². The van der Waals surface area contributed by atoms with Crippen LogP contribution < -0.4 is 5.56 Å². The number of rotatable bonds is 6. The van der Waals surface area contributed by atoms with Crippen LogP contribution >= 0.6 is 0 Å². The summed E-state index contributed by atoms with van der Waals surface area (Å²) in [6, 6.07) is 8.25. The second-order valence-corrected chi connectivity index (χ2v) is 7.12. The largest absolute Gasteiger partial charge is 0.338 e. The second-order valence-electron chi connectivity index (χ2n) is 7.12. The third kappa shape index (κ3) is 4.40. The number of aryl methyl sites for hydroxylation is 1. The molecule has 0 aliphatic carbocycles. The highest BCUT2D eigenvalue weighted by Crippen LogP contribution is 2.16. The number of hydrogen-bond acceptors (Lipinski definition) is 3. The molecule has 3 rings (SSSR count). The van der Waals surface area contributed by atoms with Crippen LogP contribution in [0.3, 0.4) is 0 Å². The number of hydrogen-bond donors (Lipinski definition) is 1. The molecule has 1 aliphatic rings. The molecule has 138 valence electrons. The molecule has 0 radical (unpaired) electrons. The van der Waals surface area contributed by atoms with Crippen LogP contribution in [-0.4, -0.2) is 27.3 Å². The first-order chi connectivity index (χ1) is 12.6. The van der Waals surface area contributed by atoms with E-state index in [0.29, 0.717) is 43.7 Å². The van der Waals surface area contributed by atoms with E-state index in [1.54, 1.807) is 4.90 Å². The summed E-state index contributed by atoms with van der Waals surface area (Å²) in [5.74, 6) is 0.840. The number of fused-ring (bicyclic) bond motifs is 1. The van der Waals surface area contributed by atoms with Crippen molar-refractivity contribution >= 4 is 5.91 Å². The van der Waals surface area contributed by atoms with Gasteiger partial charge in [-0.05, 0) is 18.9 Å². The summed E-state index contributed by atoms with van der Waals surface area (Å²) in [6.45, 7) is 5.21.